The maximum Gasteiger partial charge on any atom is 0.412 e. The van der Waals surface area contributed by atoms with Crippen molar-refractivity contribution in [3.63, 3.8) is 0 Å². The van der Waals surface area contributed by atoms with Crippen molar-refractivity contribution in [1.29, 1.82) is 0 Å². The predicted octanol–water partition coefficient (Wildman–Crippen LogP) is 4.24. The number of hydrogen-bond donors (Lipinski definition) is 1. The lowest BCUT2D eigenvalue weighted by Gasteiger charge is -2.27. The second-order valence-corrected chi connectivity index (χ2v) is 4.93. The van der Waals surface area contributed by atoms with E-state index in [1.54, 1.807) is 12.1 Å². The van der Waals surface area contributed by atoms with Crippen molar-refractivity contribution in [2.75, 3.05) is 0 Å². The smallest absolute Gasteiger partial charge is 0.410 e. The summed E-state index contributed by atoms with van der Waals surface area (Å²) in [5.74, 6) is 0.557. The molecule has 1 unspecified atom stereocenters. The van der Waals surface area contributed by atoms with Gasteiger partial charge in [-0.2, -0.15) is 0 Å². The van der Waals surface area contributed by atoms with Gasteiger partial charge in [-0.15, -0.1) is 0 Å². The first-order valence-corrected chi connectivity index (χ1v) is 6.43. The third kappa shape index (κ3) is 6.28. The molecule has 0 bridgehead atoms. The van der Waals surface area contributed by atoms with Gasteiger partial charge in [-0.25, -0.2) is 4.79 Å². The normalized spacial score (nSPS) is 11.9. The fraction of sp³-hybridized carbons (Fsp3) is 0.533. The fourth-order valence-corrected chi connectivity index (χ4v) is 1.02. The Kier molecular flexibility index (Phi) is 7.10. The zero-order chi connectivity index (χ0) is 14.2. The molecule has 3 heteroatoms. The van der Waals surface area contributed by atoms with Gasteiger partial charge in [-0.1, -0.05) is 52.8 Å². The Bertz CT molecular complexity index is 341. The third-order valence-corrected chi connectivity index (χ3v) is 2.59. The number of para-hydroxylation sites is 1. The molecule has 0 aliphatic heterocycles. The van der Waals surface area contributed by atoms with E-state index in [4.69, 9.17) is 4.74 Å². The first-order chi connectivity index (χ1) is 8.39. The minimum Gasteiger partial charge on any atom is -0.410 e. The van der Waals surface area contributed by atoms with Crippen molar-refractivity contribution >= 4 is 6.09 Å². The first-order valence-electron chi connectivity index (χ1n) is 6.43. The summed E-state index contributed by atoms with van der Waals surface area (Å²) in [5.41, 5.74) is 0.0235. The Morgan fingerprint density at radius 2 is 1.67 bits per heavy atom. The van der Waals surface area contributed by atoms with Crippen LogP contribution in [0.4, 0.5) is 4.79 Å². The number of nitrogens with one attached hydrogen (secondary N) is 1. The molecule has 0 heterocycles. The van der Waals surface area contributed by atoms with E-state index in [0.717, 1.165) is 0 Å². The third-order valence-electron chi connectivity index (χ3n) is 2.59. The predicted molar refractivity (Wildman–Crippen MR) is 75.9 cm³/mol. The van der Waals surface area contributed by atoms with E-state index in [0.29, 0.717) is 5.75 Å². The van der Waals surface area contributed by atoms with E-state index in [-0.39, 0.29) is 11.5 Å². The average Bonchev–Trinajstić information content (AvgIpc) is 2.31. The molecule has 0 radical (unpaired) electrons. The van der Waals surface area contributed by atoms with Gasteiger partial charge in [0, 0.05) is 6.04 Å². The van der Waals surface area contributed by atoms with Crippen LogP contribution in [0.1, 0.15) is 41.5 Å². The second-order valence-electron chi connectivity index (χ2n) is 4.93. The lowest BCUT2D eigenvalue weighted by molar-refractivity contribution is 0.184. The fourth-order valence-electron chi connectivity index (χ4n) is 1.02. The molecule has 1 aromatic rings. The highest BCUT2D eigenvalue weighted by Gasteiger charge is 2.22. The van der Waals surface area contributed by atoms with Crippen LogP contribution in [-0.2, 0) is 0 Å². The topological polar surface area (TPSA) is 38.3 Å². The maximum atomic E-state index is 11.5. The van der Waals surface area contributed by atoms with Gasteiger partial charge in [0.05, 0.1) is 0 Å². The summed E-state index contributed by atoms with van der Waals surface area (Å²) in [6, 6.07) is 9.10. The van der Waals surface area contributed by atoms with Crippen LogP contribution in [0.15, 0.2) is 30.3 Å². The number of carbonyl (C=O) groups is 1. The summed E-state index contributed by atoms with van der Waals surface area (Å²) in [6.07, 6.45) is -0.409. The summed E-state index contributed by atoms with van der Waals surface area (Å²) >= 11 is 0. The monoisotopic (exact) mass is 251 g/mol. The standard InChI is InChI=1S/C13H19NO2.C2H6/c1-10(13(2,3)4)14-12(15)16-11-8-6-5-7-9-11;1-2/h5-10H,1-4H3,(H,14,15);1-2H3. The van der Waals surface area contributed by atoms with Crippen molar-refractivity contribution in [2.45, 2.75) is 47.6 Å². The van der Waals surface area contributed by atoms with Crippen molar-refractivity contribution in [3.8, 4) is 5.75 Å². The van der Waals surface area contributed by atoms with E-state index < -0.39 is 6.09 Å². The summed E-state index contributed by atoms with van der Waals surface area (Å²) in [7, 11) is 0. The molecule has 1 N–H and O–H groups in total. The van der Waals surface area contributed by atoms with E-state index in [1.165, 1.54) is 0 Å². The molecular weight excluding hydrogens is 226 g/mol. The zero-order valence-corrected chi connectivity index (χ0v) is 12.3. The molecule has 102 valence electrons. The quantitative estimate of drug-likeness (QED) is 0.854. The van der Waals surface area contributed by atoms with Crippen molar-refractivity contribution in [3.05, 3.63) is 30.3 Å². The molecule has 1 rings (SSSR count). The summed E-state index contributed by atoms with van der Waals surface area (Å²) in [4.78, 5) is 11.5. The van der Waals surface area contributed by atoms with Gasteiger partial charge in [0.2, 0.25) is 0 Å². The molecule has 18 heavy (non-hydrogen) atoms. The minimum atomic E-state index is -0.409. The van der Waals surface area contributed by atoms with Crippen molar-refractivity contribution < 1.29 is 9.53 Å². The van der Waals surface area contributed by atoms with E-state index >= 15 is 0 Å². The number of carbonyl (C=O) groups excluding carboxylic acids is 1. The lowest BCUT2D eigenvalue weighted by Crippen LogP contribution is -2.42. The lowest BCUT2D eigenvalue weighted by atomic mass is 9.88. The van der Waals surface area contributed by atoms with Crippen molar-refractivity contribution in [2.24, 2.45) is 5.41 Å². The Balaban J connectivity index is 0.00000137. The summed E-state index contributed by atoms with van der Waals surface area (Å²) in [5, 5.41) is 2.81. The van der Waals surface area contributed by atoms with Crippen LogP contribution in [0.5, 0.6) is 5.75 Å². The van der Waals surface area contributed by atoms with Crippen LogP contribution >= 0.6 is 0 Å². The Labute approximate surface area is 111 Å². The average molecular weight is 251 g/mol. The first kappa shape index (κ1) is 16.5. The van der Waals surface area contributed by atoms with Crippen molar-refractivity contribution in [1.82, 2.24) is 5.32 Å². The molecular formula is C15H25NO2. The Hall–Kier alpha value is -1.51. The van der Waals surface area contributed by atoms with E-state index in [2.05, 4.69) is 26.1 Å². The van der Waals surface area contributed by atoms with Gasteiger partial charge in [0.1, 0.15) is 5.75 Å². The van der Waals surface area contributed by atoms with Crippen LogP contribution in [0.3, 0.4) is 0 Å². The molecule has 1 aromatic carbocycles. The zero-order valence-electron chi connectivity index (χ0n) is 12.3. The van der Waals surface area contributed by atoms with Gasteiger partial charge in [-0.3, -0.25) is 0 Å². The summed E-state index contributed by atoms with van der Waals surface area (Å²) in [6.45, 7) is 12.2. The number of amides is 1. The maximum absolute atomic E-state index is 11.5. The number of benzene rings is 1. The van der Waals surface area contributed by atoms with Crippen LogP contribution in [0, 0.1) is 5.41 Å². The molecule has 0 aromatic heterocycles. The molecule has 0 saturated carbocycles. The minimum absolute atomic E-state index is 0.0235. The number of ether oxygens (including phenoxy) is 1. The van der Waals surface area contributed by atoms with Gasteiger partial charge in [0.15, 0.2) is 0 Å². The highest BCUT2D eigenvalue weighted by molar-refractivity contribution is 5.70. The summed E-state index contributed by atoms with van der Waals surface area (Å²) < 4.78 is 5.13. The number of hydrogen-bond acceptors (Lipinski definition) is 2. The molecule has 0 saturated heterocycles. The SMILES string of the molecule is CC.CC(NC(=O)Oc1ccccc1)C(C)(C)C. The Morgan fingerprint density at radius 1 is 1.17 bits per heavy atom. The van der Waals surface area contributed by atoms with E-state index in [9.17, 15) is 4.79 Å². The molecule has 0 aliphatic carbocycles. The van der Waals surface area contributed by atoms with Crippen LogP contribution in [0.25, 0.3) is 0 Å². The molecule has 1 atom stereocenters. The molecule has 0 spiro atoms. The van der Waals surface area contributed by atoms with Gasteiger partial charge < -0.3 is 10.1 Å². The largest absolute Gasteiger partial charge is 0.412 e. The number of rotatable bonds is 2. The molecule has 3 nitrogen and oxygen atoms in total. The molecule has 0 fully saturated rings. The van der Waals surface area contributed by atoms with Gasteiger partial charge in [0.25, 0.3) is 0 Å². The highest BCUT2D eigenvalue weighted by Crippen LogP contribution is 2.18. The molecule has 1 amide bonds. The van der Waals surface area contributed by atoms with E-state index in [1.807, 2.05) is 39.0 Å². The van der Waals surface area contributed by atoms with Crippen LogP contribution in [-0.4, -0.2) is 12.1 Å². The van der Waals surface area contributed by atoms with Gasteiger partial charge in [-0.05, 0) is 24.5 Å². The Morgan fingerprint density at radius 3 is 2.11 bits per heavy atom. The van der Waals surface area contributed by atoms with Gasteiger partial charge >= 0.3 is 6.09 Å². The highest BCUT2D eigenvalue weighted by atomic mass is 16.6. The second kappa shape index (κ2) is 7.75. The molecule has 0 aliphatic rings. The van der Waals surface area contributed by atoms with Crippen LogP contribution < -0.4 is 10.1 Å². The van der Waals surface area contributed by atoms with Crippen LogP contribution in [0.2, 0.25) is 0 Å².